The topological polar surface area (TPSA) is 49.4 Å². The molecule has 5 heteroatoms. The lowest BCUT2D eigenvalue weighted by atomic mass is 10.0. The predicted octanol–water partition coefficient (Wildman–Crippen LogP) is 3.15. The van der Waals surface area contributed by atoms with Gasteiger partial charge < -0.3 is 10.2 Å². The van der Waals surface area contributed by atoms with E-state index in [9.17, 15) is 14.0 Å². The Morgan fingerprint density at radius 2 is 1.62 bits per heavy atom. The van der Waals surface area contributed by atoms with E-state index < -0.39 is 6.04 Å². The van der Waals surface area contributed by atoms with Gasteiger partial charge in [-0.15, -0.1) is 0 Å². The second-order valence-corrected chi connectivity index (χ2v) is 6.61. The number of amides is 2. The van der Waals surface area contributed by atoms with Crippen molar-refractivity contribution < 1.29 is 14.0 Å². The van der Waals surface area contributed by atoms with E-state index in [0.717, 1.165) is 22.3 Å². The summed E-state index contributed by atoms with van der Waals surface area (Å²) in [5, 5.41) is 2.58. The molecule has 0 saturated carbocycles. The fraction of sp³-hybridized carbons (Fsp3) is 0.333. The summed E-state index contributed by atoms with van der Waals surface area (Å²) < 4.78 is 13.1. The Balaban J connectivity index is 2.24. The molecule has 0 saturated heterocycles. The average Bonchev–Trinajstić information content (AvgIpc) is 2.58. The molecule has 2 amide bonds. The summed E-state index contributed by atoms with van der Waals surface area (Å²) >= 11 is 0. The highest BCUT2D eigenvalue weighted by Gasteiger charge is 2.25. The van der Waals surface area contributed by atoms with E-state index in [4.69, 9.17) is 0 Å². The number of likely N-dealkylation sites (N-methyl/N-ethyl adjacent to an activating group) is 1. The van der Waals surface area contributed by atoms with Crippen LogP contribution in [0.3, 0.4) is 0 Å². The number of benzene rings is 2. The van der Waals surface area contributed by atoms with Crippen molar-refractivity contribution in [2.75, 3.05) is 7.05 Å². The molecule has 0 aliphatic rings. The van der Waals surface area contributed by atoms with E-state index >= 15 is 0 Å². The van der Waals surface area contributed by atoms with E-state index in [0.29, 0.717) is 0 Å². The maximum absolute atomic E-state index is 13.1. The van der Waals surface area contributed by atoms with Crippen molar-refractivity contribution >= 4 is 11.8 Å². The third-order valence-electron chi connectivity index (χ3n) is 4.32. The molecule has 2 aromatic rings. The van der Waals surface area contributed by atoms with Crippen LogP contribution in [-0.4, -0.2) is 29.8 Å². The van der Waals surface area contributed by atoms with Crippen molar-refractivity contribution in [1.29, 1.82) is 0 Å². The first-order valence-corrected chi connectivity index (χ1v) is 8.63. The molecule has 0 aliphatic heterocycles. The maximum Gasteiger partial charge on any atom is 0.242 e. The largest absolute Gasteiger partial charge is 0.357 e. The van der Waals surface area contributed by atoms with Gasteiger partial charge in [0, 0.05) is 13.6 Å². The normalized spacial score (nSPS) is 11.7. The highest BCUT2D eigenvalue weighted by Crippen LogP contribution is 2.15. The number of rotatable bonds is 6. The van der Waals surface area contributed by atoms with E-state index in [2.05, 4.69) is 11.4 Å². The summed E-state index contributed by atoms with van der Waals surface area (Å²) in [4.78, 5) is 26.6. The quantitative estimate of drug-likeness (QED) is 0.864. The van der Waals surface area contributed by atoms with Crippen LogP contribution in [0.15, 0.2) is 42.5 Å². The van der Waals surface area contributed by atoms with Crippen LogP contribution in [0.25, 0.3) is 0 Å². The monoisotopic (exact) mass is 356 g/mol. The number of aryl methyl sites for hydroxylation is 2. The van der Waals surface area contributed by atoms with E-state index in [1.807, 2.05) is 26.0 Å². The Hall–Kier alpha value is -2.69. The van der Waals surface area contributed by atoms with E-state index in [1.54, 1.807) is 26.1 Å². The van der Waals surface area contributed by atoms with Gasteiger partial charge in [0.2, 0.25) is 11.8 Å². The average molecular weight is 356 g/mol. The van der Waals surface area contributed by atoms with Crippen LogP contribution in [0.4, 0.5) is 4.39 Å². The van der Waals surface area contributed by atoms with Crippen LogP contribution in [0, 0.1) is 19.7 Å². The lowest BCUT2D eigenvalue weighted by Gasteiger charge is -2.28. The van der Waals surface area contributed by atoms with Gasteiger partial charge in [-0.25, -0.2) is 4.39 Å². The second-order valence-electron chi connectivity index (χ2n) is 6.61. The smallest absolute Gasteiger partial charge is 0.242 e. The minimum absolute atomic E-state index is 0.143. The third kappa shape index (κ3) is 5.15. The first-order chi connectivity index (χ1) is 12.3. The molecule has 0 aliphatic carbocycles. The Labute approximate surface area is 154 Å². The van der Waals surface area contributed by atoms with Crippen LogP contribution in [0.1, 0.15) is 29.2 Å². The minimum Gasteiger partial charge on any atom is -0.357 e. The van der Waals surface area contributed by atoms with Crippen molar-refractivity contribution in [2.45, 2.75) is 39.8 Å². The molecular formula is C21H25FN2O2. The van der Waals surface area contributed by atoms with Gasteiger partial charge in [0.1, 0.15) is 11.9 Å². The second kappa shape index (κ2) is 8.61. The highest BCUT2D eigenvalue weighted by atomic mass is 19.1. The van der Waals surface area contributed by atoms with Crippen LogP contribution >= 0.6 is 0 Å². The molecular weight excluding hydrogens is 331 g/mol. The van der Waals surface area contributed by atoms with Gasteiger partial charge in [-0.2, -0.15) is 0 Å². The molecule has 26 heavy (non-hydrogen) atoms. The summed E-state index contributed by atoms with van der Waals surface area (Å²) in [5.74, 6) is -0.711. The zero-order chi connectivity index (χ0) is 19.3. The Morgan fingerprint density at radius 3 is 2.15 bits per heavy atom. The van der Waals surface area contributed by atoms with Gasteiger partial charge in [-0.05, 0) is 44.0 Å². The lowest BCUT2D eigenvalue weighted by Crippen LogP contribution is -2.47. The lowest BCUT2D eigenvalue weighted by molar-refractivity contribution is -0.139. The Kier molecular flexibility index (Phi) is 6.50. The van der Waals surface area contributed by atoms with E-state index in [1.165, 1.54) is 17.0 Å². The Morgan fingerprint density at radius 1 is 1.04 bits per heavy atom. The zero-order valence-electron chi connectivity index (χ0n) is 15.7. The van der Waals surface area contributed by atoms with Crippen LogP contribution in [0.2, 0.25) is 0 Å². The number of nitrogens with zero attached hydrogens (tertiary/aromatic N) is 1. The predicted molar refractivity (Wildman–Crippen MR) is 100 cm³/mol. The zero-order valence-corrected chi connectivity index (χ0v) is 15.7. The van der Waals surface area contributed by atoms with Crippen molar-refractivity contribution in [1.82, 2.24) is 10.2 Å². The van der Waals surface area contributed by atoms with Crippen molar-refractivity contribution in [3.05, 3.63) is 70.5 Å². The van der Waals surface area contributed by atoms with Gasteiger partial charge in [-0.3, -0.25) is 9.59 Å². The van der Waals surface area contributed by atoms with Gasteiger partial charge in [0.25, 0.3) is 0 Å². The first-order valence-electron chi connectivity index (χ1n) is 8.63. The van der Waals surface area contributed by atoms with Gasteiger partial charge >= 0.3 is 0 Å². The first kappa shape index (κ1) is 19.6. The van der Waals surface area contributed by atoms with Crippen LogP contribution in [-0.2, 0) is 22.6 Å². The molecule has 138 valence electrons. The van der Waals surface area contributed by atoms with Gasteiger partial charge in [-0.1, -0.05) is 41.5 Å². The highest BCUT2D eigenvalue weighted by molar-refractivity contribution is 5.88. The number of halogens is 1. The standard InChI is InChI=1S/C21H25FN2O2/c1-14-9-15(2)11-18(10-14)12-20(25)24(16(3)21(26)23-4)13-17-5-7-19(22)8-6-17/h5-11,16H,12-13H2,1-4H3,(H,23,26)/t16-/m1/s1. The van der Waals surface area contributed by atoms with Gasteiger partial charge in [0.05, 0.1) is 6.42 Å². The minimum atomic E-state index is -0.622. The molecule has 1 N–H and O–H groups in total. The van der Waals surface area contributed by atoms with Crippen molar-refractivity contribution in [2.24, 2.45) is 0 Å². The molecule has 2 aromatic carbocycles. The molecule has 0 radical (unpaired) electrons. The molecule has 4 nitrogen and oxygen atoms in total. The number of nitrogens with one attached hydrogen (secondary N) is 1. The summed E-state index contributed by atoms with van der Waals surface area (Å²) in [7, 11) is 1.54. The molecule has 0 heterocycles. The molecule has 1 atom stereocenters. The molecule has 0 spiro atoms. The maximum atomic E-state index is 13.1. The van der Waals surface area contributed by atoms with Gasteiger partial charge in [0.15, 0.2) is 0 Å². The number of hydrogen-bond donors (Lipinski definition) is 1. The number of hydrogen-bond acceptors (Lipinski definition) is 2. The summed E-state index contributed by atoms with van der Waals surface area (Å²) in [6.07, 6.45) is 0.213. The molecule has 0 aromatic heterocycles. The summed E-state index contributed by atoms with van der Waals surface area (Å²) in [6, 6.07) is 11.3. The third-order valence-corrected chi connectivity index (χ3v) is 4.32. The van der Waals surface area contributed by atoms with Crippen LogP contribution < -0.4 is 5.32 Å². The molecule has 0 fully saturated rings. The van der Waals surface area contributed by atoms with E-state index in [-0.39, 0.29) is 30.6 Å². The van der Waals surface area contributed by atoms with Crippen molar-refractivity contribution in [3.8, 4) is 0 Å². The summed E-state index contributed by atoms with van der Waals surface area (Å²) in [5.41, 5.74) is 3.88. The number of carbonyl (C=O) groups excluding carboxylic acids is 2. The van der Waals surface area contributed by atoms with Crippen molar-refractivity contribution in [3.63, 3.8) is 0 Å². The Bertz CT molecular complexity index is 767. The van der Waals surface area contributed by atoms with Crippen LogP contribution in [0.5, 0.6) is 0 Å². The summed E-state index contributed by atoms with van der Waals surface area (Å²) in [6.45, 7) is 5.93. The number of carbonyl (C=O) groups is 2. The molecule has 2 rings (SSSR count). The molecule has 0 bridgehead atoms. The SMILES string of the molecule is CNC(=O)[C@@H](C)N(Cc1ccc(F)cc1)C(=O)Cc1cc(C)cc(C)c1. The fourth-order valence-corrected chi connectivity index (χ4v) is 3.03. The molecule has 0 unspecified atom stereocenters. The fourth-order valence-electron chi connectivity index (χ4n) is 3.03.